The number of ether oxygens (including phenoxy) is 1. The van der Waals surface area contributed by atoms with E-state index >= 15 is 0 Å². The molecule has 2 aromatic heterocycles. The minimum atomic E-state index is -3.91. The topological polar surface area (TPSA) is 134 Å². The van der Waals surface area contributed by atoms with Gasteiger partial charge < -0.3 is 24.7 Å². The van der Waals surface area contributed by atoms with Crippen LogP contribution in [0.5, 0.6) is 5.75 Å². The largest absolute Gasteiger partial charge is 0.488 e. The molecule has 4 heterocycles. The van der Waals surface area contributed by atoms with E-state index in [0.29, 0.717) is 78.3 Å². The first-order chi connectivity index (χ1) is 20.7. The van der Waals surface area contributed by atoms with Gasteiger partial charge in [-0.15, -0.1) is 0 Å². The summed E-state index contributed by atoms with van der Waals surface area (Å²) < 4.78 is 54.4. The summed E-state index contributed by atoms with van der Waals surface area (Å²) in [6.07, 6.45) is 3.13. The van der Waals surface area contributed by atoms with Gasteiger partial charge in [0.15, 0.2) is 11.6 Å². The van der Waals surface area contributed by atoms with Crippen molar-refractivity contribution in [2.24, 2.45) is 0 Å². The summed E-state index contributed by atoms with van der Waals surface area (Å²) in [6.45, 7) is 1.56. The molecule has 224 valence electrons. The molecular weight excluding hydrogens is 577 g/mol. The number of fused-ring (bicyclic) bond motifs is 2. The molecule has 2 amide bonds. The number of rotatable bonds is 7. The summed E-state index contributed by atoms with van der Waals surface area (Å²) in [4.78, 5) is 31.0. The molecular formula is C30H30FN5O6S. The number of anilines is 2. The lowest BCUT2D eigenvalue weighted by Gasteiger charge is -2.33. The van der Waals surface area contributed by atoms with Crippen LogP contribution >= 0.6 is 0 Å². The Hall–Kier alpha value is -4.49. The number of halogens is 1. The number of nitrogens with one attached hydrogen (secondary N) is 2. The summed E-state index contributed by atoms with van der Waals surface area (Å²) >= 11 is 0. The van der Waals surface area contributed by atoms with Gasteiger partial charge in [-0.1, -0.05) is 0 Å². The summed E-state index contributed by atoms with van der Waals surface area (Å²) in [5.74, 6) is 0.135. The first-order valence-corrected chi connectivity index (χ1v) is 15.3. The number of amides is 2. The molecule has 0 radical (unpaired) electrons. The van der Waals surface area contributed by atoms with Crippen LogP contribution in [0.2, 0.25) is 0 Å². The van der Waals surface area contributed by atoms with Crippen molar-refractivity contribution in [3.8, 4) is 17.1 Å². The smallest absolute Gasteiger partial charge is 0.255 e. The van der Waals surface area contributed by atoms with Crippen LogP contribution in [0.25, 0.3) is 22.3 Å². The highest BCUT2D eigenvalue weighted by atomic mass is 32.2. The molecule has 6 rings (SSSR count). The van der Waals surface area contributed by atoms with Crippen molar-refractivity contribution in [1.29, 1.82) is 0 Å². The van der Waals surface area contributed by atoms with Gasteiger partial charge in [0.2, 0.25) is 16.4 Å². The van der Waals surface area contributed by atoms with Crippen molar-refractivity contribution in [2.45, 2.75) is 23.7 Å². The predicted octanol–water partition coefficient (Wildman–Crippen LogP) is 3.96. The third kappa shape index (κ3) is 5.19. The van der Waals surface area contributed by atoms with Gasteiger partial charge >= 0.3 is 0 Å². The van der Waals surface area contributed by atoms with Crippen LogP contribution in [-0.2, 0) is 14.8 Å². The van der Waals surface area contributed by atoms with Crippen molar-refractivity contribution in [2.75, 3.05) is 50.6 Å². The number of nitrogens with zero attached hydrogens (tertiary/aromatic N) is 3. The van der Waals surface area contributed by atoms with E-state index < -0.39 is 21.7 Å². The van der Waals surface area contributed by atoms with Gasteiger partial charge in [-0.2, -0.15) is 4.31 Å². The molecule has 1 fully saturated rings. The fraction of sp³-hybridized carbons (Fsp3) is 0.300. The Kier molecular flexibility index (Phi) is 7.52. The number of furan rings is 1. The molecule has 13 heteroatoms. The van der Waals surface area contributed by atoms with Crippen molar-refractivity contribution >= 4 is 44.8 Å². The van der Waals surface area contributed by atoms with E-state index in [-0.39, 0.29) is 28.7 Å². The Morgan fingerprint density at radius 2 is 1.95 bits per heavy atom. The van der Waals surface area contributed by atoms with E-state index in [9.17, 15) is 22.4 Å². The number of sulfonamides is 1. The van der Waals surface area contributed by atoms with E-state index in [1.54, 1.807) is 12.1 Å². The van der Waals surface area contributed by atoms with E-state index in [2.05, 4.69) is 15.6 Å². The molecule has 0 unspecified atom stereocenters. The van der Waals surface area contributed by atoms with Gasteiger partial charge in [0.25, 0.3) is 5.91 Å². The van der Waals surface area contributed by atoms with Gasteiger partial charge in [-0.05, 0) is 54.7 Å². The average molecular weight is 608 g/mol. The van der Waals surface area contributed by atoms with Gasteiger partial charge in [0, 0.05) is 62.2 Å². The van der Waals surface area contributed by atoms with Crippen molar-refractivity contribution in [3.05, 3.63) is 65.6 Å². The second kappa shape index (κ2) is 11.3. The Bertz CT molecular complexity index is 1830. The van der Waals surface area contributed by atoms with Crippen molar-refractivity contribution in [1.82, 2.24) is 14.6 Å². The molecule has 0 saturated carbocycles. The number of hydrogen-bond acceptors (Lipinski definition) is 8. The quantitative estimate of drug-likeness (QED) is 0.302. The molecule has 2 aromatic carbocycles. The molecule has 2 aliphatic rings. The highest BCUT2D eigenvalue weighted by Gasteiger charge is 2.34. The maximum absolute atomic E-state index is 13.8. The number of benzene rings is 2. The standard InChI is InChI=1S/C30H30FN5O6S/c1-32-30(38)27-23-13-22(24(34-17-37)14-25(23)42-28(27)18-5-7-20(31)8-6-18)19-4-3-9-36(16-19)43(39,40)21-12-26-29(33-15-21)35(2)10-11-41-26/h5-8,12-15,17,19H,3-4,9-11,16H2,1-2H3,(H,32,38)(H,34,37)/t19-/m1/s1. The average Bonchev–Trinajstić information content (AvgIpc) is 3.39. The van der Waals surface area contributed by atoms with Crippen LogP contribution in [0.3, 0.4) is 0 Å². The number of likely N-dealkylation sites (N-methyl/N-ethyl adjacent to an activating group) is 1. The maximum atomic E-state index is 13.8. The third-order valence-electron chi connectivity index (χ3n) is 7.95. The zero-order chi connectivity index (χ0) is 30.3. The van der Waals surface area contributed by atoms with Gasteiger partial charge in [-0.25, -0.2) is 17.8 Å². The minimum Gasteiger partial charge on any atom is -0.488 e. The molecule has 43 heavy (non-hydrogen) atoms. The zero-order valence-electron chi connectivity index (χ0n) is 23.6. The molecule has 2 aliphatic heterocycles. The van der Waals surface area contributed by atoms with Crippen LogP contribution in [0.4, 0.5) is 15.9 Å². The summed E-state index contributed by atoms with van der Waals surface area (Å²) in [5, 5.41) is 5.85. The molecule has 0 spiro atoms. The number of carbonyl (C=O) groups excluding carboxylic acids is 2. The lowest BCUT2D eigenvalue weighted by molar-refractivity contribution is -0.105. The predicted molar refractivity (Wildman–Crippen MR) is 158 cm³/mol. The van der Waals surface area contributed by atoms with Gasteiger partial charge in [0.05, 0.1) is 12.1 Å². The normalized spacial score (nSPS) is 17.3. The van der Waals surface area contributed by atoms with E-state index in [4.69, 9.17) is 9.15 Å². The molecule has 1 saturated heterocycles. The lowest BCUT2D eigenvalue weighted by atomic mass is 9.89. The van der Waals surface area contributed by atoms with Crippen LogP contribution in [-0.4, -0.2) is 70.4 Å². The Balaban J connectivity index is 1.40. The third-order valence-corrected chi connectivity index (χ3v) is 9.78. The SMILES string of the molecule is CNC(=O)c1c(-c2ccc(F)cc2)oc2cc(NC=O)c([C@@H]3CCCN(S(=O)(=O)c4cnc5c(c4)OCCN5C)C3)cc12. The molecule has 4 aromatic rings. The van der Waals surface area contributed by atoms with Crippen molar-refractivity contribution < 1.29 is 31.6 Å². The van der Waals surface area contributed by atoms with E-state index in [1.165, 1.54) is 47.9 Å². The van der Waals surface area contributed by atoms with Crippen LogP contribution in [0, 0.1) is 5.82 Å². The molecule has 2 N–H and O–H groups in total. The minimum absolute atomic E-state index is 0.0459. The first-order valence-electron chi connectivity index (χ1n) is 13.8. The lowest BCUT2D eigenvalue weighted by Crippen LogP contribution is -2.39. The number of aromatic nitrogens is 1. The van der Waals surface area contributed by atoms with Gasteiger partial charge in [-0.3, -0.25) is 9.59 Å². The number of piperidine rings is 1. The highest BCUT2D eigenvalue weighted by Crippen LogP contribution is 2.41. The summed E-state index contributed by atoms with van der Waals surface area (Å²) in [7, 11) is -0.539. The fourth-order valence-corrected chi connectivity index (χ4v) is 7.24. The van der Waals surface area contributed by atoms with E-state index in [0.717, 1.165) is 0 Å². The van der Waals surface area contributed by atoms with E-state index in [1.807, 2.05) is 11.9 Å². The van der Waals surface area contributed by atoms with Crippen LogP contribution < -0.4 is 20.3 Å². The van der Waals surface area contributed by atoms with Crippen LogP contribution in [0.15, 0.2) is 58.0 Å². The zero-order valence-corrected chi connectivity index (χ0v) is 24.4. The van der Waals surface area contributed by atoms with Crippen molar-refractivity contribution in [3.63, 3.8) is 0 Å². The number of carbonyl (C=O) groups is 2. The number of pyridine rings is 1. The monoisotopic (exact) mass is 607 g/mol. The summed E-state index contributed by atoms with van der Waals surface area (Å²) in [5.41, 5.74) is 2.22. The fourth-order valence-electron chi connectivity index (χ4n) is 5.76. The first kappa shape index (κ1) is 28.6. The molecule has 11 nitrogen and oxygen atoms in total. The second-order valence-corrected chi connectivity index (χ2v) is 12.5. The second-order valence-electron chi connectivity index (χ2n) is 10.6. The number of hydrogen-bond donors (Lipinski definition) is 2. The highest BCUT2D eigenvalue weighted by molar-refractivity contribution is 7.89. The Morgan fingerprint density at radius 1 is 1.16 bits per heavy atom. The Morgan fingerprint density at radius 3 is 2.70 bits per heavy atom. The molecule has 0 bridgehead atoms. The molecule has 1 atom stereocenters. The summed E-state index contributed by atoms with van der Waals surface area (Å²) in [6, 6.07) is 10.5. The van der Waals surface area contributed by atoms with Gasteiger partial charge in [0.1, 0.15) is 28.7 Å². The Labute approximate surface area is 247 Å². The maximum Gasteiger partial charge on any atom is 0.255 e. The van der Waals surface area contributed by atoms with Crippen LogP contribution in [0.1, 0.15) is 34.7 Å². The molecule has 0 aliphatic carbocycles.